The van der Waals surface area contributed by atoms with E-state index in [0.29, 0.717) is 5.75 Å². The second-order valence-electron chi connectivity index (χ2n) is 6.89. The third-order valence-corrected chi connectivity index (χ3v) is 4.86. The van der Waals surface area contributed by atoms with Crippen LogP contribution in [-0.2, 0) is 9.59 Å². The quantitative estimate of drug-likeness (QED) is 0.641. The van der Waals surface area contributed by atoms with Gasteiger partial charge in [0.05, 0.1) is 13.2 Å². The van der Waals surface area contributed by atoms with E-state index in [1.807, 2.05) is 54.6 Å². The fourth-order valence-electron chi connectivity index (χ4n) is 3.24. The highest BCUT2D eigenvalue weighted by Gasteiger charge is 2.41. The highest BCUT2D eigenvalue weighted by molar-refractivity contribution is 6.06. The highest BCUT2D eigenvalue weighted by atomic mass is 16.5. The van der Waals surface area contributed by atoms with Crippen molar-refractivity contribution in [3.05, 3.63) is 65.7 Å². The number of benzene rings is 2. The van der Waals surface area contributed by atoms with Gasteiger partial charge in [-0.1, -0.05) is 48.5 Å². The highest BCUT2D eigenvalue weighted by Crippen LogP contribution is 2.30. The number of nitrogens with one attached hydrogen (secondary N) is 3. The number of amides is 4. The van der Waals surface area contributed by atoms with Gasteiger partial charge in [-0.15, -0.1) is 0 Å². The first kappa shape index (κ1) is 19.4. The zero-order valence-electron chi connectivity index (χ0n) is 15.8. The summed E-state index contributed by atoms with van der Waals surface area (Å²) in [4.78, 5) is 36.0. The van der Waals surface area contributed by atoms with E-state index in [1.165, 1.54) is 0 Å². The lowest BCUT2D eigenvalue weighted by molar-refractivity contribution is -0.125. The summed E-state index contributed by atoms with van der Waals surface area (Å²) in [5, 5.41) is 7.80. The lowest BCUT2D eigenvalue weighted by atomic mass is 9.94. The Hall–Kier alpha value is -3.35. The minimum absolute atomic E-state index is 0.0860. The predicted octanol–water partition coefficient (Wildman–Crippen LogP) is 2.28. The molecule has 1 heterocycles. The zero-order valence-corrected chi connectivity index (χ0v) is 15.8. The average molecular weight is 381 g/mol. The Morgan fingerprint density at radius 3 is 2.43 bits per heavy atom. The fourth-order valence-corrected chi connectivity index (χ4v) is 3.24. The molecule has 3 N–H and O–H groups in total. The van der Waals surface area contributed by atoms with E-state index in [4.69, 9.17) is 4.74 Å². The molecule has 4 amide bonds. The number of hydrogen-bond donors (Lipinski definition) is 3. The van der Waals surface area contributed by atoms with Crippen LogP contribution in [0.3, 0.4) is 0 Å². The third-order valence-electron chi connectivity index (χ3n) is 4.86. The van der Waals surface area contributed by atoms with Crippen molar-refractivity contribution in [1.29, 1.82) is 0 Å². The smallest absolute Gasteiger partial charge is 0.322 e. The summed E-state index contributed by atoms with van der Waals surface area (Å²) < 4.78 is 5.46. The first-order chi connectivity index (χ1) is 13.4. The third kappa shape index (κ3) is 4.14. The Labute approximate surface area is 163 Å². The molecule has 7 heteroatoms. The zero-order chi connectivity index (χ0) is 20.1. The molecule has 1 fully saturated rings. The van der Waals surface area contributed by atoms with E-state index in [0.717, 1.165) is 11.1 Å². The number of carbonyl (C=O) groups is 3. The lowest BCUT2D eigenvalue weighted by Gasteiger charge is -2.24. The van der Waals surface area contributed by atoms with Crippen LogP contribution < -0.4 is 20.7 Å². The van der Waals surface area contributed by atoms with Crippen LogP contribution in [0.5, 0.6) is 5.75 Å². The molecule has 28 heavy (non-hydrogen) atoms. The van der Waals surface area contributed by atoms with Crippen molar-refractivity contribution in [3.8, 4) is 5.75 Å². The molecule has 3 rings (SSSR count). The number of imide groups is 1. The van der Waals surface area contributed by atoms with E-state index in [9.17, 15) is 14.4 Å². The van der Waals surface area contributed by atoms with Crippen LogP contribution in [0.2, 0.25) is 0 Å². The van der Waals surface area contributed by atoms with Gasteiger partial charge in [-0.05, 0) is 25.0 Å². The number of rotatable bonds is 7. The summed E-state index contributed by atoms with van der Waals surface area (Å²) in [5.41, 5.74) is 0.669. The monoisotopic (exact) mass is 381 g/mol. The molecule has 7 nitrogen and oxygen atoms in total. The molecule has 146 valence electrons. The van der Waals surface area contributed by atoms with Gasteiger partial charge >= 0.3 is 6.03 Å². The maximum absolute atomic E-state index is 12.7. The summed E-state index contributed by atoms with van der Waals surface area (Å²) in [6.45, 7) is 1.61. The van der Waals surface area contributed by atoms with Crippen molar-refractivity contribution in [1.82, 2.24) is 16.0 Å². The molecule has 0 bridgehead atoms. The molecule has 0 unspecified atom stereocenters. The Bertz CT molecular complexity index is 884. The SMILES string of the molecule is COc1ccccc1[C@H](NC(=O)CC[C@]1(C)NC(=O)NC1=O)c1ccccc1. The van der Waals surface area contributed by atoms with E-state index in [-0.39, 0.29) is 18.7 Å². The van der Waals surface area contributed by atoms with Gasteiger partial charge in [0.1, 0.15) is 11.3 Å². The van der Waals surface area contributed by atoms with Crippen molar-refractivity contribution >= 4 is 17.8 Å². The molecular formula is C21H23N3O4. The Morgan fingerprint density at radius 2 is 1.79 bits per heavy atom. The molecule has 0 aromatic heterocycles. The van der Waals surface area contributed by atoms with E-state index < -0.39 is 23.5 Å². The number of ether oxygens (including phenoxy) is 1. The van der Waals surface area contributed by atoms with E-state index in [2.05, 4.69) is 16.0 Å². The average Bonchev–Trinajstić information content (AvgIpc) is 2.97. The van der Waals surface area contributed by atoms with Crippen LogP contribution in [0.25, 0.3) is 0 Å². The molecule has 0 saturated carbocycles. The van der Waals surface area contributed by atoms with Gasteiger partial charge in [-0.25, -0.2) is 4.79 Å². The topological polar surface area (TPSA) is 96.5 Å². The van der Waals surface area contributed by atoms with Crippen LogP contribution in [0, 0.1) is 0 Å². The largest absolute Gasteiger partial charge is 0.496 e. The molecule has 0 spiro atoms. The Morgan fingerprint density at radius 1 is 1.11 bits per heavy atom. The number of methoxy groups -OCH3 is 1. The molecule has 2 atom stereocenters. The van der Waals surface area contributed by atoms with Crippen molar-refractivity contribution in [2.24, 2.45) is 0 Å². The maximum Gasteiger partial charge on any atom is 0.322 e. The molecule has 2 aromatic carbocycles. The standard InChI is InChI=1S/C21H23N3O4/c1-21(19(26)23-20(27)24-21)13-12-17(25)22-18(14-8-4-3-5-9-14)15-10-6-7-11-16(15)28-2/h3-11,18H,12-13H2,1-2H3,(H,22,25)(H2,23,24,26,27)/t18-,21+/m1/s1. The van der Waals surface area contributed by atoms with Crippen molar-refractivity contribution in [3.63, 3.8) is 0 Å². The van der Waals surface area contributed by atoms with E-state index in [1.54, 1.807) is 14.0 Å². The van der Waals surface area contributed by atoms with Gasteiger partial charge in [0.25, 0.3) is 5.91 Å². The van der Waals surface area contributed by atoms with Gasteiger partial charge in [0.2, 0.25) is 5.91 Å². The minimum Gasteiger partial charge on any atom is -0.496 e. The number of carbonyl (C=O) groups excluding carboxylic acids is 3. The number of urea groups is 1. The number of para-hydroxylation sites is 1. The number of hydrogen-bond acceptors (Lipinski definition) is 4. The fraction of sp³-hybridized carbons (Fsp3) is 0.286. The molecular weight excluding hydrogens is 358 g/mol. The summed E-state index contributed by atoms with van der Waals surface area (Å²) in [6, 6.07) is 16.2. The van der Waals surface area contributed by atoms with Gasteiger partial charge in [0, 0.05) is 12.0 Å². The van der Waals surface area contributed by atoms with Crippen LogP contribution >= 0.6 is 0 Å². The Kier molecular flexibility index (Phi) is 5.63. The molecule has 0 radical (unpaired) electrons. The van der Waals surface area contributed by atoms with E-state index >= 15 is 0 Å². The van der Waals surface area contributed by atoms with Gasteiger partial charge in [-0.3, -0.25) is 14.9 Å². The van der Waals surface area contributed by atoms with Gasteiger partial charge in [-0.2, -0.15) is 0 Å². The molecule has 1 aliphatic heterocycles. The van der Waals surface area contributed by atoms with Crippen LogP contribution in [0.1, 0.15) is 36.9 Å². The predicted molar refractivity (Wildman–Crippen MR) is 104 cm³/mol. The molecule has 1 saturated heterocycles. The normalized spacial score (nSPS) is 19.5. The molecule has 0 aliphatic carbocycles. The van der Waals surface area contributed by atoms with Crippen LogP contribution in [0.15, 0.2) is 54.6 Å². The van der Waals surface area contributed by atoms with Gasteiger partial charge in [0.15, 0.2) is 0 Å². The van der Waals surface area contributed by atoms with Crippen LogP contribution in [-0.4, -0.2) is 30.5 Å². The summed E-state index contributed by atoms with van der Waals surface area (Å²) >= 11 is 0. The summed E-state index contributed by atoms with van der Waals surface area (Å²) in [5.74, 6) is 0.0237. The minimum atomic E-state index is -1.08. The molecule has 2 aromatic rings. The second-order valence-corrected chi connectivity index (χ2v) is 6.89. The van der Waals surface area contributed by atoms with Crippen LogP contribution in [0.4, 0.5) is 4.79 Å². The molecule has 1 aliphatic rings. The first-order valence-corrected chi connectivity index (χ1v) is 9.04. The maximum atomic E-state index is 12.7. The summed E-state index contributed by atoms with van der Waals surface area (Å²) in [7, 11) is 1.59. The van der Waals surface area contributed by atoms with Gasteiger partial charge < -0.3 is 15.4 Å². The van der Waals surface area contributed by atoms with Crippen molar-refractivity contribution < 1.29 is 19.1 Å². The second kappa shape index (κ2) is 8.12. The Balaban J connectivity index is 1.77. The van der Waals surface area contributed by atoms with Crippen molar-refractivity contribution in [2.45, 2.75) is 31.3 Å². The first-order valence-electron chi connectivity index (χ1n) is 9.04. The van der Waals surface area contributed by atoms with Crippen molar-refractivity contribution in [2.75, 3.05) is 7.11 Å². The lowest BCUT2D eigenvalue weighted by Crippen LogP contribution is -2.44. The summed E-state index contributed by atoms with van der Waals surface area (Å²) in [6.07, 6.45) is 0.284.